The fraction of sp³-hybridized carbons (Fsp3) is 0.368. The van der Waals surface area contributed by atoms with Crippen molar-refractivity contribution in [2.75, 3.05) is 16.8 Å². The van der Waals surface area contributed by atoms with E-state index >= 15 is 0 Å². The predicted octanol–water partition coefficient (Wildman–Crippen LogP) is 4.52. The van der Waals surface area contributed by atoms with Crippen molar-refractivity contribution in [2.24, 2.45) is 0 Å². The molecule has 1 aromatic carbocycles. The number of benzene rings is 1. The number of pyridine rings is 1. The fourth-order valence-electron chi connectivity index (χ4n) is 3.26. The second-order valence-corrected chi connectivity index (χ2v) is 6.33. The van der Waals surface area contributed by atoms with Gasteiger partial charge in [-0.2, -0.15) is 0 Å². The summed E-state index contributed by atoms with van der Waals surface area (Å²) in [6, 6.07) is 5.54. The summed E-state index contributed by atoms with van der Waals surface area (Å²) in [5, 5.41) is 2.22. The summed E-state index contributed by atoms with van der Waals surface area (Å²) in [6.45, 7) is 3.10. The molecule has 0 radical (unpaired) electrons. The van der Waals surface area contributed by atoms with Crippen molar-refractivity contribution in [3.05, 3.63) is 53.6 Å². The van der Waals surface area contributed by atoms with E-state index in [0.717, 1.165) is 43.6 Å². The highest BCUT2D eigenvalue weighted by molar-refractivity contribution is 6.03. The van der Waals surface area contributed by atoms with Gasteiger partial charge in [0, 0.05) is 12.6 Å². The van der Waals surface area contributed by atoms with Crippen LogP contribution in [0.4, 0.5) is 24.5 Å². The number of carbonyl (C=O) groups excluding carboxylic acids is 1. The largest absolute Gasteiger partial charge is 0.367 e. The Hall–Kier alpha value is -2.57. The van der Waals surface area contributed by atoms with Crippen molar-refractivity contribution in [3.63, 3.8) is 0 Å². The van der Waals surface area contributed by atoms with Crippen molar-refractivity contribution in [2.45, 2.75) is 38.6 Å². The minimum Gasteiger partial charge on any atom is -0.367 e. The van der Waals surface area contributed by atoms with Gasteiger partial charge in [-0.05, 0) is 49.9 Å². The first-order valence-electron chi connectivity index (χ1n) is 8.68. The molecular formula is C19H20F3N3O. The molecule has 1 unspecified atom stereocenters. The first-order chi connectivity index (χ1) is 12.5. The van der Waals surface area contributed by atoms with E-state index in [0.29, 0.717) is 6.04 Å². The van der Waals surface area contributed by atoms with Gasteiger partial charge in [-0.25, -0.2) is 18.2 Å². The molecule has 26 heavy (non-hydrogen) atoms. The molecule has 3 rings (SSSR count). The number of hydrogen-bond donors (Lipinski definition) is 1. The van der Waals surface area contributed by atoms with E-state index in [9.17, 15) is 18.0 Å². The van der Waals surface area contributed by atoms with Gasteiger partial charge in [0.2, 0.25) is 0 Å². The third kappa shape index (κ3) is 3.66. The number of carbonyl (C=O) groups is 1. The van der Waals surface area contributed by atoms with Crippen LogP contribution in [0.5, 0.6) is 0 Å². The number of piperidine rings is 1. The number of amides is 1. The van der Waals surface area contributed by atoms with Gasteiger partial charge in [-0.15, -0.1) is 0 Å². The van der Waals surface area contributed by atoms with Gasteiger partial charge in [0.05, 0.1) is 17.6 Å². The summed E-state index contributed by atoms with van der Waals surface area (Å²) in [5.41, 5.74) is 0.580. The van der Waals surface area contributed by atoms with Gasteiger partial charge >= 0.3 is 0 Å². The Labute approximate surface area is 150 Å². The third-order valence-corrected chi connectivity index (χ3v) is 4.69. The summed E-state index contributed by atoms with van der Waals surface area (Å²) in [7, 11) is 0. The van der Waals surface area contributed by atoms with Gasteiger partial charge < -0.3 is 10.2 Å². The van der Waals surface area contributed by atoms with Gasteiger partial charge in [-0.3, -0.25) is 4.79 Å². The van der Waals surface area contributed by atoms with Crippen LogP contribution in [0.3, 0.4) is 0 Å². The summed E-state index contributed by atoms with van der Waals surface area (Å²) < 4.78 is 39.9. The van der Waals surface area contributed by atoms with E-state index in [4.69, 9.17) is 0 Å². The number of nitrogens with one attached hydrogen (secondary N) is 1. The Balaban J connectivity index is 1.74. The Morgan fingerprint density at radius 1 is 1.19 bits per heavy atom. The Kier molecular flexibility index (Phi) is 5.44. The van der Waals surface area contributed by atoms with Crippen molar-refractivity contribution in [1.82, 2.24) is 4.98 Å². The van der Waals surface area contributed by atoms with Crippen molar-refractivity contribution in [1.29, 1.82) is 0 Å². The van der Waals surface area contributed by atoms with E-state index in [1.807, 2.05) is 0 Å². The summed E-state index contributed by atoms with van der Waals surface area (Å²) in [5.74, 6) is -5.06. The van der Waals surface area contributed by atoms with Crippen molar-refractivity contribution >= 4 is 17.3 Å². The number of hydrogen-bond acceptors (Lipinski definition) is 3. The van der Waals surface area contributed by atoms with Gasteiger partial charge in [-0.1, -0.05) is 6.92 Å². The van der Waals surface area contributed by atoms with E-state index in [2.05, 4.69) is 22.1 Å². The number of aromatic nitrogens is 1. The lowest BCUT2D eigenvalue weighted by Crippen LogP contribution is -2.39. The highest BCUT2D eigenvalue weighted by atomic mass is 19.2. The molecule has 1 aromatic heterocycles. The quantitative estimate of drug-likeness (QED) is 0.813. The topological polar surface area (TPSA) is 45.2 Å². The maximum atomic E-state index is 13.7. The monoisotopic (exact) mass is 363 g/mol. The molecule has 2 heterocycles. The van der Waals surface area contributed by atoms with Crippen LogP contribution in [0.15, 0.2) is 30.5 Å². The summed E-state index contributed by atoms with van der Waals surface area (Å²) in [4.78, 5) is 18.6. The fourth-order valence-corrected chi connectivity index (χ4v) is 3.26. The van der Waals surface area contributed by atoms with Crippen LogP contribution in [0.2, 0.25) is 0 Å². The molecule has 0 bridgehead atoms. The molecule has 1 fully saturated rings. The molecule has 0 aliphatic carbocycles. The molecular weight excluding hydrogens is 343 g/mol. The maximum absolute atomic E-state index is 13.7. The number of anilines is 2. The zero-order chi connectivity index (χ0) is 18.7. The molecule has 7 heteroatoms. The van der Waals surface area contributed by atoms with Crippen molar-refractivity contribution in [3.8, 4) is 0 Å². The maximum Gasteiger partial charge on any atom is 0.274 e. The third-order valence-electron chi connectivity index (χ3n) is 4.69. The minimum absolute atomic E-state index is 0.0722. The smallest absolute Gasteiger partial charge is 0.274 e. The lowest BCUT2D eigenvalue weighted by atomic mass is 9.99. The highest BCUT2D eigenvalue weighted by Gasteiger charge is 2.22. The molecule has 1 atom stereocenters. The van der Waals surface area contributed by atoms with Crippen LogP contribution in [0.25, 0.3) is 0 Å². The predicted molar refractivity (Wildman–Crippen MR) is 93.8 cm³/mol. The molecule has 1 aliphatic heterocycles. The zero-order valence-corrected chi connectivity index (χ0v) is 14.4. The molecule has 138 valence electrons. The SMILES string of the molecule is CCC1CCCCN1c1ccc(C(=O)Nc2ccc(F)c(F)c2F)nc1. The van der Waals surface area contributed by atoms with Gasteiger partial charge in [0.25, 0.3) is 5.91 Å². The number of nitrogens with zero attached hydrogens (tertiary/aromatic N) is 2. The normalized spacial score (nSPS) is 17.2. The van der Waals surface area contributed by atoms with E-state index in [-0.39, 0.29) is 5.69 Å². The van der Waals surface area contributed by atoms with Crippen LogP contribution >= 0.6 is 0 Å². The van der Waals surface area contributed by atoms with Crippen LogP contribution < -0.4 is 10.2 Å². The molecule has 1 N–H and O–H groups in total. The Morgan fingerprint density at radius 2 is 2.00 bits per heavy atom. The number of halogens is 3. The lowest BCUT2D eigenvalue weighted by Gasteiger charge is -2.37. The van der Waals surface area contributed by atoms with Gasteiger partial charge in [0.1, 0.15) is 5.69 Å². The molecule has 1 saturated heterocycles. The van der Waals surface area contributed by atoms with E-state index in [1.54, 1.807) is 18.3 Å². The Bertz CT molecular complexity index is 795. The molecule has 1 amide bonds. The zero-order valence-electron chi connectivity index (χ0n) is 14.4. The van der Waals surface area contributed by atoms with Crippen LogP contribution in [-0.4, -0.2) is 23.5 Å². The number of rotatable bonds is 4. The average molecular weight is 363 g/mol. The molecule has 4 nitrogen and oxygen atoms in total. The van der Waals surface area contributed by atoms with E-state index in [1.165, 1.54) is 6.42 Å². The second kappa shape index (κ2) is 7.76. The highest BCUT2D eigenvalue weighted by Crippen LogP contribution is 2.26. The standard InChI is InChI=1S/C19H20F3N3O/c1-2-12-5-3-4-10-25(12)13-6-8-16(23-11-13)19(26)24-15-9-7-14(20)17(21)18(15)22/h6-9,11-12H,2-5,10H2,1H3,(H,24,26). The first-order valence-corrected chi connectivity index (χ1v) is 8.68. The molecule has 2 aromatic rings. The van der Waals surface area contributed by atoms with Crippen LogP contribution in [0, 0.1) is 17.5 Å². The van der Waals surface area contributed by atoms with Crippen LogP contribution in [0.1, 0.15) is 43.1 Å². The molecule has 1 aliphatic rings. The van der Waals surface area contributed by atoms with Gasteiger partial charge in [0.15, 0.2) is 17.5 Å². The summed E-state index contributed by atoms with van der Waals surface area (Å²) in [6.07, 6.45) is 6.12. The average Bonchev–Trinajstić information content (AvgIpc) is 2.68. The van der Waals surface area contributed by atoms with Crippen molar-refractivity contribution < 1.29 is 18.0 Å². The first kappa shape index (κ1) is 18.2. The summed E-state index contributed by atoms with van der Waals surface area (Å²) >= 11 is 0. The van der Waals surface area contributed by atoms with Crippen LogP contribution in [-0.2, 0) is 0 Å². The molecule has 0 spiro atoms. The molecule has 0 saturated carbocycles. The minimum atomic E-state index is -1.62. The lowest BCUT2D eigenvalue weighted by molar-refractivity contribution is 0.102. The Morgan fingerprint density at radius 3 is 2.69 bits per heavy atom. The van der Waals surface area contributed by atoms with E-state index < -0.39 is 29.0 Å². The second-order valence-electron chi connectivity index (χ2n) is 6.33.